The van der Waals surface area contributed by atoms with E-state index in [1.54, 1.807) is 11.0 Å². The Hall–Kier alpha value is -3.30. The zero-order valence-corrected chi connectivity index (χ0v) is 23.4. The van der Waals surface area contributed by atoms with Gasteiger partial charge in [0.1, 0.15) is 17.0 Å². The second-order valence-electron chi connectivity index (χ2n) is 12.2. The van der Waals surface area contributed by atoms with Gasteiger partial charge in [-0.25, -0.2) is 14.4 Å². The number of halogens is 1. The van der Waals surface area contributed by atoms with Crippen LogP contribution in [-0.2, 0) is 18.3 Å². The van der Waals surface area contributed by atoms with Crippen LogP contribution in [0.1, 0.15) is 61.5 Å². The monoisotopic (exact) mass is 544 g/mol. The zero-order chi connectivity index (χ0) is 27.7. The summed E-state index contributed by atoms with van der Waals surface area (Å²) in [6, 6.07) is 9.30. The molecule has 1 aromatic carbocycles. The minimum Gasteiger partial charge on any atom is -0.381 e. The molecule has 0 bridgehead atoms. The van der Waals surface area contributed by atoms with E-state index in [2.05, 4.69) is 22.8 Å². The van der Waals surface area contributed by atoms with Crippen molar-refractivity contribution in [2.24, 2.45) is 24.6 Å². The van der Waals surface area contributed by atoms with E-state index in [-0.39, 0.29) is 23.9 Å². The number of carbonyl (C=O) groups is 1. The largest absolute Gasteiger partial charge is 0.381 e. The number of aryl methyl sites for hydroxylation is 1. The summed E-state index contributed by atoms with van der Waals surface area (Å²) in [6.45, 7) is 6.99. The predicted octanol–water partition coefficient (Wildman–Crippen LogP) is 4.84. The molecule has 4 aromatic rings. The highest BCUT2D eigenvalue weighted by atomic mass is 19.1. The van der Waals surface area contributed by atoms with Crippen molar-refractivity contribution in [2.75, 3.05) is 19.8 Å². The van der Waals surface area contributed by atoms with Gasteiger partial charge in [-0.05, 0) is 74.8 Å². The maximum Gasteiger partial charge on any atom is 0.254 e. The smallest absolute Gasteiger partial charge is 0.254 e. The molecule has 1 amide bonds. The van der Waals surface area contributed by atoms with Crippen molar-refractivity contribution in [1.82, 2.24) is 24.0 Å². The number of nitrogens with zero attached hydrogens (tertiary/aromatic N) is 5. The first-order valence-corrected chi connectivity index (χ1v) is 14.6. The lowest BCUT2D eigenvalue weighted by atomic mass is 9.96. The number of fused-ring (bicyclic) bond motifs is 2. The number of amides is 1. The Labute approximate surface area is 233 Å². The maximum absolute atomic E-state index is 15.6. The molecule has 0 spiro atoms. The lowest BCUT2D eigenvalue weighted by Crippen LogP contribution is -2.41. The molecule has 5 heterocycles. The molecule has 3 unspecified atom stereocenters. The Bertz CT molecular complexity index is 1620. The number of carbonyl (C=O) groups excluding carboxylic acids is 1. The van der Waals surface area contributed by atoms with Gasteiger partial charge in [-0.1, -0.05) is 6.92 Å². The summed E-state index contributed by atoms with van der Waals surface area (Å²) in [5, 5.41) is 1.06. The first-order valence-electron chi connectivity index (χ1n) is 14.6. The highest BCUT2D eigenvalue weighted by Crippen LogP contribution is 2.37. The second-order valence-corrected chi connectivity index (χ2v) is 12.2. The van der Waals surface area contributed by atoms with Crippen LogP contribution in [0.5, 0.6) is 0 Å². The van der Waals surface area contributed by atoms with E-state index in [0.29, 0.717) is 40.8 Å². The number of likely N-dealkylation sites (tertiary alicyclic amines) is 1. The molecule has 8 nitrogen and oxygen atoms in total. The van der Waals surface area contributed by atoms with Crippen LogP contribution in [0.25, 0.3) is 33.6 Å². The molecule has 3 atom stereocenters. The normalized spacial score (nSPS) is 24.0. The molecule has 1 saturated carbocycles. The van der Waals surface area contributed by atoms with Crippen LogP contribution < -0.4 is 5.73 Å². The number of hydrogen-bond acceptors (Lipinski definition) is 5. The molecular formula is C31H37FN6O2. The van der Waals surface area contributed by atoms with E-state index in [1.165, 1.54) is 18.9 Å². The van der Waals surface area contributed by atoms with Crippen molar-refractivity contribution >= 4 is 28.0 Å². The fraction of sp³-hybridized carbons (Fsp3) is 0.516. The van der Waals surface area contributed by atoms with E-state index in [0.717, 1.165) is 55.0 Å². The first-order chi connectivity index (χ1) is 19.3. The molecule has 2 saturated heterocycles. The van der Waals surface area contributed by atoms with Crippen molar-refractivity contribution in [3.8, 4) is 11.5 Å². The molecular weight excluding hydrogens is 507 g/mol. The average molecular weight is 545 g/mol. The van der Waals surface area contributed by atoms with Crippen LogP contribution in [0.2, 0.25) is 0 Å². The van der Waals surface area contributed by atoms with Crippen LogP contribution in [-0.4, -0.2) is 61.8 Å². The van der Waals surface area contributed by atoms with Crippen LogP contribution in [0.4, 0.5) is 4.39 Å². The Balaban J connectivity index is 1.31. The molecule has 9 heteroatoms. The summed E-state index contributed by atoms with van der Waals surface area (Å²) in [6.07, 6.45) is 4.39. The van der Waals surface area contributed by atoms with Gasteiger partial charge in [-0.15, -0.1) is 0 Å². The number of nitrogens with two attached hydrogens (primary N) is 1. The summed E-state index contributed by atoms with van der Waals surface area (Å²) in [5.41, 5.74) is 10.5. The number of ether oxygens (including phenoxy) is 1. The van der Waals surface area contributed by atoms with Gasteiger partial charge in [0.05, 0.1) is 11.2 Å². The van der Waals surface area contributed by atoms with Gasteiger partial charge in [0.2, 0.25) is 0 Å². The summed E-state index contributed by atoms with van der Waals surface area (Å²) < 4.78 is 25.3. The van der Waals surface area contributed by atoms with Gasteiger partial charge in [-0.3, -0.25) is 4.79 Å². The molecule has 2 aliphatic heterocycles. The second kappa shape index (κ2) is 9.66. The maximum atomic E-state index is 15.6. The quantitative estimate of drug-likeness (QED) is 0.388. The highest BCUT2D eigenvalue weighted by Gasteiger charge is 2.37. The third kappa shape index (κ3) is 4.21. The van der Waals surface area contributed by atoms with E-state index in [9.17, 15) is 4.79 Å². The van der Waals surface area contributed by atoms with Gasteiger partial charge < -0.3 is 24.5 Å². The lowest BCUT2D eigenvalue weighted by molar-refractivity contribution is 0.0739. The number of rotatable bonds is 5. The Kier molecular flexibility index (Phi) is 6.20. The van der Waals surface area contributed by atoms with Crippen LogP contribution in [0.3, 0.4) is 0 Å². The van der Waals surface area contributed by atoms with Crippen molar-refractivity contribution in [3.05, 3.63) is 47.4 Å². The van der Waals surface area contributed by atoms with E-state index in [1.807, 2.05) is 25.5 Å². The Morgan fingerprint density at radius 3 is 2.58 bits per heavy atom. The molecule has 3 fully saturated rings. The number of hydrogen-bond donors (Lipinski definition) is 1. The first kappa shape index (κ1) is 25.7. The Morgan fingerprint density at radius 1 is 1.10 bits per heavy atom. The number of pyridine rings is 1. The van der Waals surface area contributed by atoms with Crippen LogP contribution in [0, 0.1) is 17.7 Å². The van der Waals surface area contributed by atoms with Gasteiger partial charge in [0, 0.05) is 68.0 Å². The molecule has 210 valence electrons. The highest BCUT2D eigenvalue weighted by molar-refractivity contribution is 5.98. The predicted molar refractivity (Wildman–Crippen MR) is 153 cm³/mol. The summed E-state index contributed by atoms with van der Waals surface area (Å²) in [7, 11) is 1.85. The average Bonchev–Trinajstić information content (AvgIpc) is 3.56. The SMILES string of the molecule is CC1CN(C(=O)c2cc(F)c3c(c2)nc(-c2cc4ccc(C5CCOCC5)nc4n2CC2CC2)n3C)C(C)C1N. The summed E-state index contributed by atoms with van der Waals surface area (Å²) >= 11 is 0. The zero-order valence-electron chi connectivity index (χ0n) is 23.4. The van der Waals surface area contributed by atoms with Crippen molar-refractivity contribution in [1.29, 1.82) is 0 Å². The fourth-order valence-electron chi connectivity index (χ4n) is 6.66. The van der Waals surface area contributed by atoms with Crippen LogP contribution in [0.15, 0.2) is 30.3 Å². The topological polar surface area (TPSA) is 91.2 Å². The molecule has 1 aliphatic carbocycles. The summed E-state index contributed by atoms with van der Waals surface area (Å²) in [4.78, 5) is 25.3. The van der Waals surface area contributed by atoms with Gasteiger partial charge >= 0.3 is 0 Å². The molecule has 3 aromatic heterocycles. The van der Waals surface area contributed by atoms with Gasteiger partial charge in [-0.2, -0.15) is 0 Å². The third-order valence-electron chi connectivity index (χ3n) is 9.39. The number of aromatic nitrogens is 4. The molecule has 3 aliphatic rings. The van der Waals surface area contributed by atoms with Crippen LogP contribution >= 0.6 is 0 Å². The third-order valence-corrected chi connectivity index (χ3v) is 9.39. The van der Waals surface area contributed by atoms with Crippen molar-refractivity contribution in [2.45, 2.75) is 64.1 Å². The number of imidazole rings is 1. The molecule has 2 N–H and O–H groups in total. The van der Waals surface area contributed by atoms with E-state index in [4.69, 9.17) is 20.4 Å². The standard InChI is InChI=1S/C31H37FN6O2/c1-17-15-37(18(2)27(17)33)31(39)22-12-23(32)28-25(13-22)35-30(36(28)3)26-14-21-6-7-24(20-8-10-40-11-9-20)34-29(21)38(26)16-19-4-5-19/h6-7,12-14,17-20,27H,4-5,8-11,15-16,33H2,1-3H3. The molecule has 40 heavy (non-hydrogen) atoms. The van der Waals surface area contributed by atoms with Crippen molar-refractivity contribution in [3.63, 3.8) is 0 Å². The van der Waals surface area contributed by atoms with E-state index < -0.39 is 5.82 Å². The van der Waals surface area contributed by atoms with Gasteiger partial charge in [0.25, 0.3) is 5.91 Å². The van der Waals surface area contributed by atoms with Gasteiger partial charge in [0.15, 0.2) is 5.82 Å². The fourth-order valence-corrected chi connectivity index (χ4v) is 6.66. The minimum absolute atomic E-state index is 0.0899. The number of benzene rings is 1. The minimum atomic E-state index is -0.448. The lowest BCUT2D eigenvalue weighted by Gasteiger charge is -2.23. The molecule has 0 radical (unpaired) electrons. The van der Waals surface area contributed by atoms with Crippen molar-refractivity contribution < 1.29 is 13.9 Å². The Morgan fingerprint density at radius 2 is 1.88 bits per heavy atom. The summed E-state index contributed by atoms with van der Waals surface area (Å²) in [5.74, 6) is 1.25. The molecule has 7 rings (SSSR count). The van der Waals surface area contributed by atoms with E-state index >= 15 is 4.39 Å².